The number of carbonyl (C=O) groups excluding carboxylic acids is 1. The second kappa shape index (κ2) is 3.38. The van der Waals surface area contributed by atoms with Crippen LogP contribution in [-0.4, -0.2) is 38.7 Å². The molecule has 1 amide bonds. The number of hydrogen-bond donors (Lipinski definition) is 0. The second-order valence-electron chi connectivity index (χ2n) is 4.03. The molecule has 1 unspecified atom stereocenters. The van der Waals surface area contributed by atoms with Gasteiger partial charge >= 0.3 is 0 Å². The smallest absolute Gasteiger partial charge is 0.270 e. The Kier molecular flexibility index (Phi) is 1.98. The van der Waals surface area contributed by atoms with Crippen LogP contribution < -0.4 is 0 Å². The number of para-hydroxylation sites is 1. The minimum Gasteiger partial charge on any atom is -0.270 e. The molecule has 0 spiro atoms. The normalized spacial score (nSPS) is 20.1. The zero-order valence-corrected chi connectivity index (χ0v) is 9.53. The van der Waals surface area contributed by atoms with Gasteiger partial charge in [-0.2, -0.15) is 5.10 Å². The minimum absolute atomic E-state index is 0.0850. The Balaban J connectivity index is 2.17. The number of likely N-dealkylation sites (N-methyl/N-ethyl adjacent to an activating group) is 1. The van der Waals surface area contributed by atoms with E-state index in [2.05, 4.69) is 15.4 Å². The van der Waals surface area contributed by atoms with Crippen molar-refractivity contribution in [3.05, 3.63) is 24.3 Å². The number of benzene rings is 1. The van der Waals surface area contributed by atoms with Crippen LogP contribution in [0.2, 0.25) is 0 Å². The molecule has 0 N–H and O–H groups in total. The van der Waals surface area contributed by atoms with E-state index in [1.165, 1.54) is 5.01 Å². The van der Waals surface area contributed by atoms with Crippen LogP contribution >= 0.6 is 0 Å². The fourth-order valence-electron chi connectivity index (χ4n) is 2.06. The Labute approximate surface area is 97.5 Å². The average Bonchev–Trinajstić information content (AvgIpc) is 2.82. The molecule has 1 aromatic heterocycles. The van der Waals surface area contributed by atoms with Crippen molar-refractivity contribution < 1.29 is 4.79 Å². The molecule has 2 heterocycles. The molecule has 1 aliphatic heterocycles. The fourth-order valence-corrected chi connectivity index (χ4v) is 2.06. The molecule has 6 nitrogen and oxygen atoms in total. The van der Waals surface area contributed by atoms with Gasteiger partial charge in [0.15, 0.2) is 6.04 Å². The minimum atomic E-state index is -0.465. The van der Waals surface area contributed by atoms with E-state index >= 15 is 0 Å². The zero-order chi connectivity index (χ0) is 12.0. The number of carbonyl (C=O) groups is 1. The lowest BCUT2D eigenvalue weighted by molar-refractivity contribution is -0.130. The molecule has 0 radical (unpaired) electrons. The predicted octanol–water partition coefficient (Wildman–Crippen LogP) is 0.820. The lowest BCUT2D eigenvalue weighted by Crippen LogP contribution is -2.27. The molecule has 0 saturated heterocycles. The quantitative estimate of drug-likeness (QED) is 0.727. The van der Waals surface area contributed by atoms with Crippen molar-refractivity contribution in [1.29, 1.82) is 0 Å². The molecule has 1 atom stereocenters. The van der Waals surface area contributed by atoms with E-state index in [1.807, 2.05) is 31.2 Å². The van der Waals surface area contributed by atoms with Crippen LogP contribution in [0.15, 0.2) is 29.4 Å². The topological polar surface area (TPSA) is 63.4 Å². The van der Waals surface area contributed by atoms with Crippen LogP contribution in [0.1, 0.15) is 13.0 Å². The van der Waals surface area contributed by atoms with E-state index in [9.17, 15) is 4.79 Å². The lowest BCUT2D eigenvalue weighted by Gasteiger charge is -2.10. The maximum Gasteiger partial charge on any atom is 0.273 e. The van der Waals surface area contributed by atoms with Crippen molar-refractivity contribution >= 4 is 22.7 Å². The highest BCUT2D eigenvalue weighted by Crippen LogP contribution is 2.22. The van der Waals surface area contributed by atoms with Crippen LogP contribution in [0, 0.1) is 0 Å². The Hall–Kier alpha value is -2.24. The van der Waals surface area contributed by atoms with Crippen molar-refractivity contribution in [2.24, 2.45) is 5.10 Å². The van der Waals surface area contributed by atoms with E-state index in [-0.39, 0.29) is 5.91 Å². The molecular formula is C11H11N5O. The monoisotopic (exact) mass is 229 g/mol. The summed E-state index contributed by atoms with van der Waals surface area (Å²) in [6, 6.07) is 7.10. The first-order valence-electron chi connectivity index (χ1n) is 5.31. The van der Waals surface area contributed by atoms with Gasteiger partial charge in [0, 0.05) is 7.05 Å². The van der Waals surface area contributed by atoms with E-state index in [0.717, 1.165) is 16.7 Å². The van der Waals surface area contributed by atoms with Crippen molar-refractivity contribution in [3.63, 3.8) is 0 Å². The molecule has 86 valence electrons. The van der Waals surface area contributed by atoms with Gasteiger partial charge in [0.2, 0.25) is 0 Å². The summed E-state index contributed by atoms with van der Waals surface area (Å²) in [6.07, 6.45) is 0. The third-order valence-electron chi connectivity index (χ3n) is 2.88. The molecule has 6 heteroatoms. The molecule has 2 aromatic rings. The number of rotatable bonds is 1. The first-order valence-corrected chi connectivity index (χ1v) is 5.31. The molecule has 0 saturated carbocycles. The number of fused-ring (bicyclic) bond motifs is 1. The summed E-state index contributed by atoms with van der Waals surface area (Å²) in [5.74, 6) is -0.0850. The molecule has 0 bridgehead atoms. The number of hydrogen-bond acceptors (Lipinski definition) is 4. The molecule has 1 aromatic carbocycles. The zero-order valence-electron chi connectivity index (χ0n) is 9.53. The summed E-state index contributed by atoms with van der Waals surface area (Å²) in [4.78, 5) is 12.0. The van der Waals surface area contributed by atoms with Crippen molar-refractivity contribution in [3.8, 4) is 0 Å². The highest BCUT2D eigenvalue weighted by Gasteiger charge is 2.34. The second-order valence-corrected chi connectivity index (χ2v) is 4.03. The Morgan fingerprint density at radius 1 is 1.29 bits per heavy atom. The summed E-state index contributed by atoms with van der Waals surface area (Å²) in [5.41, 5.74) is 2.35. The highest BCUT2D eigenvalue weighted by atomic mass is 16.2. The molecular weight excluding hydrogens is 218 g/mol. The van der Waals surface area contributed by atoms with Gasteiger partial charge in [-0.3, -0.25) is 4.79 Å². The summed E-state index contributed by atoms with van der Waals surface area (Å²) in [5, 5.41) is 13.6. The number of nitrogens with zero attached hydrogens (tertiary/aromatic N) is 5. The van der Waals surface area contributed by atoms with E-state index < -0.39 is 6.04 Å². The Morgan fingerprint density at radius 2 is 2.06 bits per heavy atom. The van der Waals surface area contributed by atoms with E-state index in [0.29, 0.717) is 0 Å². The predicted molar refractivity (Wildman–Crippen MR) is 62.4 cm³/mol. The third-order valence-corrected chi connectivity index (χ3v) is 2.88. The summed E-state index contributed by atoms with van der Waals surface area (Å²) in [6.45, 7) is 1.82. The standard InChI is InChI=1S/C11H11N5O/c1-7-10(11(17)15(2)13-7)16-9-6-4-3-5-8(9)12-14-16/h3-6,10H,1-2H3. The summed E-state index contributed by atoms with van der Waals surface area (Å²) < 4.78 is 1.62. The van der Waals surface area contributed by atoms with Crippen LogP contribution in [0.4, 0.5) is 0 Å². The van der Waals surface area contributed by atoms with Crippen LogP contribution in [0.5, 0.6) is 0 Å². The summed E-state index contributed by atoms with van der Waals surface area (Å²) >= 11 is 0. The van der Waals surface area contributed by atoms with Crippen LogP contribution in [-0.2, 0) is 4.79 Å². The number of aromatic nitrogens is 3. The van der Waals surface area contributed by atoms with Gasteiger partial charge < -0.3 is 0 Å². The van der Waals surface area contributed by atoms with Gasteiger partial charge in [-0.25, -0.2) is 9.69 Å². The van der Waals surface area contributed by atoms with Gasteiger partial charge in [0.05, 0.1) is 11.2 Å². The van der Waals surface area contributed by atoms with Gasteiger partial charge in [0.25, 0.3) is 5.91 Å². The van der Waals surface area contributed by atoms with Gasteiger partial charge in [0.1, 0.15) is 5.52 Å². The maximum atomic E-state index is 12.0. The first-order chi connectivity index (χ1) is 8.18. The molecule has 1 aliphatic rings. The van der Waals surface area contributed by atoms with Crippen molar-refractivity contribution in [2.45, 2.75) is 13.0 Å². The number of amides is 1. The van der Waals surface area contributed by atoms with Crippen molar-refractivity contribution in [2.75, 3.05) is 7.05 Å². The maximum absolute atomic E-state index is 12.0. The van der Waals surface area contributed by atoms with E-state index in [1.54, 1.807) is 11.7 Å². The SMILES string of the molecule is CC1=NN(C)C(=O)C1n1nnc2ccccc21. The van der Waals surface area contributed by atoms with Gasteiger partial charge in [-0.15, -0.1) is 5.10 Å². The average molecular weight is 229 g/mol. The first kappa shape index (κ1) is 9.95. The largest absolute Gasteiger partial charge is 0.273 e. The Morgan fingerprint density at radius 3 is 2.76 bits per heavy atom. The van der Waals surface area contributed by atoms with Gasteiger partial charge in [-0.05, 0) is 19.1 Å². The third kappa shape index (κ3) is 1.33. The van der Waals surface area contributed by atoms with Crippen molar-refractivity contribution in [1.82, 2.24) is 20.0 Å². The fraction of sp³-hybridized carbons (Fsp3) is 0.273. The molecule has 3 rings (SSSR count). The molecule has 17 heavy (non-hydrogen) atoms. The van der Waals surface area contributed by atoms with Crippen LogP contribution in [0.25, 0.3) is 11.0 Å². The number of hydrazone groups is 1. The summed E-state index contributed by atoms with van der Waals surface area (Å²) in [7, 11) is 1.64. The Bertz CT molecular complexity index is 630. The molecule has 0 aliphatic carbocycles. The highest BCUT2D eigenvalue weighted by molar-refractivity contribution is 6.09. The van der Waals surface area contributed by atoms with Crippen LogP contribution in [0.3, 0.4) is 0 Å². The lowest BCUT2D eigenvalue weighted by atomic mass is 10.2. The van der Waals surface area contributed by atoms with E-state index in [4.69, 9.17) is 0 Å². The molecule has 0 fully saturated rings. The van der Waals surface area contributed by atoms with Gasteiger partial charge in [-0.1, -0.05) is 17.3 Å².